The van der Waals surface area contributed by atoms with Gasteiger partial charge in [-0.2, -0.15) is 13.2 Å². The van der Waals surface area contributed by atoms with E-state index in [0.717, 1.165) is 0 Å². The Balaban J connectivity index is 3.11. The molecule has 0 bridgehead atoms. The van der Waals surface area contributed by atoms with E-state index in [1.807, 2.05) is 6.92 Å². The molecule has 0 aliphatic heterocycles. The first-order valence-electron chi connectivity index (χ1n) is 5.79. The summed E-state index contributed by atoms with van der Waals surface area (Å²) in [4.78, 5) is 1.77. The lowest BCUT2D eigenvalue weighted by molar-refractivity contribution is -0.138. The highest BCUT2D eigenvalue weighted by molar-refractivity contribution is 9.08. The van der Waals surface area contributed by atoms with Crippen LogP contribution in [0.1, 0.15) is 18.1 Å². The van der Waals surface area contributed by atoms with E-state index in [1.165, 1.54) is 12.1 Å². The average Bonchev–Trinajstić information content (AvgIpc) is 2.36. The Morgan fingerprint density at radius 1 is 1.37 bits per heavy atom. The fourth-order valence-electron chi connectivity index (χ4n) is 1.77. The zero-order valence-corrected chi connectivity index (χ0v) is 12.7. The molecule has 1 unspecified atom stereocenters. The molecule has 19 heavy (non-hydrogen) atoms. The van der Waals surface area contributed by atoms with E-state index >= 15 is 0 Å². The maximum atomic E-state index is 13.0. The quantitative estimate of drug-likeness (QED) is 0.749. The molecule has 0 aromatic heterocycles. The van der Waals surface area contributed by atoms with E-state index in [9.17, 15) is 13.2 Å². The second-order valence-corrected chi connectivity index (χ2v) is 4.95. The molecule has 0 N–H and O–H groups in total. The SMILES string of the molecule is COCC(C)N(C)c1ccc(CBr)c(C(F)(F)F)c1. The standard InChI is InChI=1S/C13H17BrF3NO/c1-9(8-19-3)18(2)11-5-4-10(7-14)12(6-11)13(15,16)17/h4-6,9H,7-8H2,1-3H3. The molecule has 1 rings (SSSR count). The number of rotatable bonds is 5. The molecule has 0 saturated carbocycles. The van der Waals surface area contributed by atoms with Gasteiger partial charge in [-0.1, -0.05) is 22.0 Å². The summed E-state index contributed by atoms with van der Waals surface area (Å²) in [6, 6.07) is 4.38. The van der Waals surface area contributed by atoms with Gasteiger partial charge in [0.05, 0.1) is 12.2 Å². The predicted octanol–water partition coefficient (Wildman–Crippen LogP) is 4.07. The first-order valence-corrected chi connectivity index (χ1v) is 6.91. The molecule has 1 aromatic rings. The number of alkyl halides is 4. The average molecular weight is 340 g/mol. The summed E-state index contributed by atoms with van der Waals surface area (Å²) < 4.78 is 43.9. The van der Waals surface area contributed by atoms with E-state index < -0.39 is 11.7 Å². The summed E-state index contributed by atoms with van der Waals surface area (Å²) in [6.45, 7) is 2.35. The number of methoxy groups -OCH3 is 1. The Hall–Kier alpha value is -0.750. The largest absolute Gasteiger partial charge is 0.416 e. The summed E-state index contributed by atoms with van der Waals surface area (Å²) in [5.41, 5.74) is 0.170. The number of benzene rings is 1. The van der Waals surface area contributed by atoms with E-state index in [-0.39, 0.29) is 16.9 Å². The number of likely N-dealkylation sites (N-methyl/N-ethyl adjacent to an activating group) is 1. The van der Waals surface area contributed by atoms with Gasteiger partial charge >= 0.3 is 6.18 Å². The van der Waals surface area contributed by atoms with Crippen LogP contribution in [0.4, 0.5) is 18.9 Å². The second-order valence-electron chi connectivity index (χ2n) is 4.39. The van der Waals surface area contributed by atoms with Gasteiger partial charge in [0, 0.05) is 31.2 Å². The monoisotopic (exact) mass is 339 g/mol. The Labute approximate surface area is 119 Å². The van der Waals surface area contributed by atoms with Crippen molar-refractivity contribution in [2.24, 2.45) is 0 Å². The maximum absolute atomic E-state index is 13.0. The molecule has 0 heterocycles. The van der Waals surface area contributed by atoms with Crippen molar-refractivity contribution in [3.8, 4) is 0 Å². The fourth-order valence-corrected chi connectivity index (χ4v) is 2.26. The van der Waals surface area contributed by atoms with Crippen molar-refractivity contribution in [1.29, 1.82) is 0 Å². The van der Waals surface area contributed by atoms with Crippen molar-refractivity contribution in [3.63, 3.8) is 0 Å². The van der Waals surface area contributed by atoms with E-state index in [4.69, 9.17) is 4.74 Å². The van der Waals surface area contributed by atoms with Crippen LogP contribution in [0.2, 0.25) is 0 Å². The van der Waals surface area contributed by atoms with E-state index in [0.29, 0.717) is 12.3 Å². The van der Waals surface area contributed by atoms with Gasteiger partial charge in [-0.25, -0.2) is 0 Å². The van der Waals surface area contributed by atoms with Crippen molar-refractivity contribution in [3.05, 3.63) is 29.3 Å². The van der Waals surface area contributed by atoms with Crippen LogP contribution in [0.5, 0.6) is 0 Å². The summed E-state index contributed by atoms with van der Waals surface area (Å²) >= 11 is 3.08. The van der Waals surface area contributed by atoms with Gasteiger partial charge in [0.15, 0.2) is 0 Å². The van der Waals surface area contributed by atoms with Crippen LogP contribution >= 0.6 is 15.9 Å². The Morgan fingerprint density at radius 3 is 2.47 bits per heavy atom. The molecule has 0 aliphatic carbocycles. The first kappa shape index (κ1) is 16.3. The summed E-state index contributed by atoms with van der Waals surface area (Å²) in [6.07, 6.45) is -4.34. The van der Waals surface area contributed by atoms with Gasteiger partial charge < -0.3 is 9.64 Å². The number of anilines is 1. The highest BCUT2D eigenvalue weighted by atomic mass is 79.9. The van der Waals surface area contributed by atoms with Gasteiger partial charge in [0.1, 0.15) is 0 Å². The minimum atomic E-state index is -4.34. The zero-order chi connectivity index (χ0) is 14.6. The van der Waals surface area contributed by atoms with Gasteiger partial charge in [-0.15, -0.1) is 0 Å². The number of hydrogen-bond acceptors (Lipinski definition) is 2. The third-order valence-corrected chi connectivity index (χ3v) is 3.62. The molecule has 0 aliphatic rings. The fraction of sp³-hybridized carbons (Fsp3) is 0.538. The molecular formula is C13H17BrF3NO. The van der Waals surface area contributed by atoms with Crippen molar-refractivity contribution in [1.82, 2.24) is 0 Å². The molecule has 0 fully saturated rings. The minimum absolute atomic E-state index is 0.000837. The number of halogens is 4. The van der Waals surface area contributed by atoms with Crippen LogP contribution in [0, 0.1) is 0 Å². The van der Waals surface area contributed by atoms with Gasteiger partial charge in [-0.3, -0.25) is 0 Å². The molecule has 0 spiro atoms. The molecule has 2 nitrogen and oxygen atoms in total. The lowest BCUT2D eigenvalue weighted by atomic mass is 10.1. The lowest BCUT2D eigenvalue weighted by Gasteiger charge is -2.27. The third kappa shape index (κ3) is 4.11. The molecule has 0 amide bonds. The molecule has 108 valence electrons. The minimum Gasteiger partial charge on any atom is -0.383 e. The van der Waals surface area contributed by atoms with Crippen molar-refractivity contribution >= 4 is 21.6 Å². The van der Waals surface area contributed by atoms with Crippen LogP contribution in [0.15, 0.2) is 18.2 Å². The summed E-state index contributed by atoms with van der Waals surface area (Å²) in [5.74, 6) is 0. The van der Waals surface area contributed by atoms with Gasteiger partial charge in [-0.05, 0) is 24.6 Å². The molecule has 0 radical (unpaired) electrons. The van der Waals surface area contributed by atoms with Crippen LogP contribution < -0.4 is 4.90 Å². The van der Waals surface area contributed by atoms with Crippen LogP contribution in [0.25, 0.3) is 0 Å². The zero-order valence-electron chi connectivity index (χ0n) is 11.1. The first-order chi connectivity index (χ1) is 8.81. The topological polar surface area (TPSA) is 12.5 Å². The smallest absolute Gasteiger partial charge is 0.383 e. The molecule has 0 saturated heterocycles. The molecule has 1 aromatic carbocycles. The van der Waals surface area contributed by atoms with Crippen LogP contribution in [-0.4, -0.2) is 26.8 Å². The lowest BCUT2D eigenvalue weighted by Crippen LogP contribution is -2.32. The van der Waals surface area contributed by atoms with Crippen molar-refractivity contribution in [2.45, 2.75) is 24.5 Å². The summed E-state index contributed by atoms with van der Waals surface area (Å²) in [5, 5.41) is 0.180. The van der Waals surface area contributed by atoms with Crippen LogP contribution in [-0.2, 0) is 16.2 Å². The van der Waals surface area contributed by atoms with Gasteiger partial charge in [0.25, 0.3) is 0 Å². The van der Waals surface area contributed by atoms with Gasteiger partial charge in [0.2, 0.25) is 0 Å². The highest BCUT2D eigenvalue weighted by Crippen LogP contribution is 2.35. The summed E-state index contributed by atoms with van der Waals surface area (Å²) in [7, 11) is 3.33. The highest BCUT2D eigenvalue weighted by Gasteiger charge is 2.33. The Kier molecular flexibility index (Phi) is 5.67. The number of ether oxygens (including phenoxy) is 1. The van der Waals surface area contributed by atoms with E-state index in [2.05, 4.69) is 15.9 Å². The Morgan fingerprint density at radius 2 is 2.00 bits per heavy atom. The number of hydrogen-bond donors (Lipinski definition) is 0. The predicted molar refractivity (Wildman–Crippen MR) is 73.8 cm³/mol. The van der Waals surface area contributed by atoms with Crippen molar-refractivity contribution in [2.75, 3.05) is 25.7 Å². The van der Waals surface area contributed by atoms with Crippen LogP contribution in [0.3, 0.4) is 0 Å². The third-order valence-electron chi connectivity index (χ3n) is 3.02. The van der Waals surface area contributed by atoms with E-state index in [1.54, 1.807) is 25.1 Å². The number of nitrogens with zero attached hydrogens (tertiary/aromatic N) is 1. The molecular weight excluding hydrogens is 323 g/mol. The second kappa shape index (κ2) is 6.61. The van der Waals surface area contributed by atoms with Crippen molar-refractivity contribution < 1.29 is 17.9 Å². The molecule has 1 atom stereocenters. The Bertz CT molecular complexity index is 423. The molecule has 6 heteroatoms. The normalized spacial score (nSPS) is 13.4. The maximum Gasteiger partial charge on any atom is 0.416 e.